The van der Waals surface area contributed by atoms with E-state index in [2.05, 4.69) is 0 Å². The minimum atomic E-state index is -1.42. The van der Waals surface area contributed by atoms with E-state index in [-0.39, 0.29) is 36.7 Å². The molecule has 2 aromatic carbocycles. The first-order chi connectivity index (χ1) is 20.8. The maximum atomic E-state index is 12.1. The number of esters is 2. The minimum Gasteiger partial charge on any atom is -0.461 e. The molecule has 0 spiro atoms. The second-order valence-electron chi connectivity index (χ2n) is 12.5. The number of unbranched alkanes of at least 4 members (excludes halogenated alkanes) is 9. The molecule has 0 atom stereocenters. The van der Waals surface area contributed by atoms with Gasteiger partial charge in [0.1, 0.15) is 24.4 Å². The van der Waals surface area contributed by atoms with Crippen LogP contribution in [0.1, 0.15) is 137 Å². The predicted molar refractivity (Wildman–Crippen MR) is 169 cm³/mol. The minimum absolute atomic E-state index is 0.168. The summed E-state index contributed by atoms with van der Waals surface area (Å²) < 4.78 is 10.7. The second-order valence-corrected chi connectivity index (χ2v) is 12.5. The first-order valence-electron chi connectivity index (χ1n) is 15.8. The lowest BCUT2D eigenvalue weighted by Crippen LogP contribution is -2.31. The largest absolute Gasteiger partial charge is 0.461 e. The van der Waals surface area contributed by atoms with Crippen molar-refractivity contribution < 1.29 is 38.9 Å². The molecular weight excluding hydrogens is 560 g/mol. The molecule has 0 aromatic heterocycles. The van der Waals surface area contributed by atoms with Gasteiger partial charge in [0.05, 0.1) is 0 Å². The fourth-order valence-electron chi connectivity index (χ4n) is 4.64. The standard InChI is InChI=1S/C36H50O8/c1-35(2,41)33(39)29-21-17-27(18-22-29)25-43-31(37)15-13-11-9-7-5-6-8-10-12-14-16-32(38)44-26-28-19-23-30(24-20-28)34(40)36(3,4)42/h17-24,41-42H,5-16,25-26H2,1-4H3. The Kier molecular flexibility index (Phi) is 15.4. The van der Waals surface area contributed by atoms with Crippen molar-refractivity contribution in [3.8, 4) is 0 Å². The summed E-state index contributed by atoms with van der Waals surface area (Å²) in [6.07, 6.45) is 11.2. The highest BCUT2D eigenvalue weighted by Gasteiger charge is 2.25. The molecule has 0 bridgehead atoms. The van der Waals surface area contributed by atoms with Crippen LogP contribution in [0, 0.1) is 0 Å². The fourth-order valence-corrected chi connectivity index (χ4v) is 4.64. The summed E-state index contributed by atoms with van der Waals surface area (Å²) in [6, 6.07) is 13.5. The number of Topliss-reactive ketones (excluding diaryl/α,β-unsaturated/α-hetero) is 2. The summed E-state index contributed by atoms with van der Waals surface area (Å²) in [5.74, 6) is -1.14. The van der Waals surface area contributed by atoms with Crippen molar-refractivity contribution in [1.82, 2.24) is 0 Å². The Balaban J connectivity index is 1.41. The Labute approximate surface area is 262 Å². The van der Waals surface area contributed by atoms with E-state index in [0.717, 1.165) is 62.5 Å². The molecule has 0 radical (unpaired) electrons. The van der Waals surface area contributed by atoms with Gasteiger partial charge < -0.3 is 19.7 Å². The molecule has 242 valence electrons. The molecule has 2 N–H and O–H groups in total. The SMILES string of the molecule is CC(C)(O)C(=O)c1ccc(COC(=O)CCCCCCCCCCCCC(=O)OCc2ccc(C(=O)C(C)(C)O)cc2)cc1. The monoisotopic (exact) mass is 610 g/mol. The number of carbonyl (C=O) groups excluding carboxylic acids is 4. The molecule has 0 amide bonds. The summed E-state index contributed by atoms with van der Waals surface area (Å²) in [5, 5.41) is 19.7. The van der Waals surface area contributed by atoms with Crippen LogP contribution in [0.3, 0.4) is 0 Å². The molecule has 8 heteroatoms. The zero-order valence-electron chi connectivity index (χ0n) is 26.9. The average Bonchev–Trinajstić information content (AvgIpc) is 2.98. The smallest absolute Gasteiger partial charge is 0.306 e. The number of ketones is 2. The maximum absolute atomic E-state index is 12.1. The molecule has 0 unspecified atom stereocenters. The van der Waals surface area contributed by atoms with Gasteiger partial charge in [-0.3, -0.25) is 19.2 Å². The van der Waals surface area contributed by atoms with Gasteiger partial charge in [0.25, 0.3) is 0 Å². The zero-order valence-corrected chi connectivity index (χ0v) is 26.9. The van der Waals surface area contributed by atoms with Crippen molar-refractivity contribution in [1.29, 1.82) is 0 Å². The van der Waals surface area contributed by atoms with Crippen LogP contribution < -0.4 is 0 Å². The third kappa shape index (κ3) is 14.4. The Bertz CT molecular complexity index is 1090. The lowest BCUT2D eigenvalue weighted by Gasteiger charge is -2.15. The second kappa shape index (κ2) is 18.4. The van der Waals surface area contributed by atoms with Crippen molar-refractivity contribution in [2.45, 2.75) is 129 Å². The highest BCUT2D eigenvalue weighted by Crippen LogP contribution is 2.17. The number of benzene rings is 2. The van der Waals surface area contributed by atoms with E-state index in [1.54, 1.807) is 48.5 Å². The highest BCUT2D eigenvalue weighted by atomic mass is 16.5. The molecule has 0 aliphatic carbocycles. The topological polar surface area (TPSA) is 127 Å². The summed E-state index contributed by atoms with van der Waals surface area (Å²) >= 11 is 0. The summed E-state index contributed by atoms with van der Waals surface area (Å²) in [4.78, 5) is 48.2. The third-order valence-electron chi connectivity index (χ3n) is 7.36. The number of rotatable bonds is 21. The van der Waals surface area contributed by atoms with Crippen LogP contribution >= 0.6 is 0 Å². The lowest BCUT2D eigenvalue weighted by atomic mass is 9.96. The first kappa shape index (κ1) is 36.8. The number of aliphatic hydroxyl groups is 2. The van der Waals surface area contributed by atoms with E-state index in [1.165, 1.54) is 40.5 Å². The zero-order chi connectivity index (χ0) is 32.6. The molecule has 0 saturated carbocycles. The molecule has 0 saturated heterocycles. The van der Waals surface area contributed by atoms with Gasteiger partial charge in [0, 0.05) is 24.0 Å². The lowest BCUT2D eigenvalue weighted by molar-refractivity contribution is -0.146. The summed E-state index contributed by atoms with van der Waals surface area (Å²) in [6.45, 7) is 6.16. The first-order valence-corrected chi connectivity index (χ1v) is 15.8. The van der Waals surface area contributed by atoms with Crippen molar-refractivity contribution >= 4 is 23.5 Å². The molecule has 44 heavy (non-hydrogen) atoms. The Hall–Kier alpha value is -3.36. The van der Waals surface area contributed by atoms with E-state index >= 15 is 0 Å². The molecule has 8 nitrogen and oxygen atoms in total. The van der Waals surface area contributed by atoms with Crippen molar-refractivity contribution in [2.24, 2.45) is 0 Å². The fraction of sp³-hybridized carbons (Fsp3) is 0.556. The molecule has 2 rings (SSSR count). The predicted octanol–water partition coefficient (Wildman–Crippen LogP) is 7.06. The summed E-state index contributed by atoms with van der Waals surface area (Å²) in [7, 11) is 0. The van der Waals surface area contributed by atoms with Gasteiger partial charge in [-0.2, -0.15) is 0 Å². The number of carbonyl (C=O) groups is 4. The number of hydrogen-bond donors (Lipinski definition) is 2. The Morgan fingerprint density at radius 3 is 1.05 bits per heavy atom. The van der Waals surface area contributed by atoms with Crippen LogP contribution in [-0.4, -0.2) is 44.9 Å². The molecule has 0 aliphatic rings. The van der Waals surface area contributed by atoms with E-state index in [1.807, 2.05) is 0 Å². The van der Waals surface area contributed by atoms with Crippen LogP contribution in [0.25, 0.3) is 0 Å². The molecule has 0 fully saturated rings. The van der Waals surface area contributed by atoms with Crippen LogP contribution in [0.5, 0.6) is 0 Å². The van der Waals surface area contributed by atoms with Gasteiger partial charge in [-0.25, -0.2) is 0 Å². The van der Waals surface area contributed by atoms with Crippen molar-refractivity contribution in [3.05, 3.63) is 70.8 Å². The Morgan fingerprint density at radius 1 is 0.500 bits per heavy atom. The number of ether oxygens (including phenoxy) is 2. The molecule has 0 aliphatic heterocycles. The Morgan fingerprint density at radius 2 is 0.773 bits per heavy atom. The van der Waals surface area contributed by atoms with E-state index < -0.39 is 11.2 Å². The molecule has 2 aromatic rings. The van der Waals surface area contributed by atoms with Gasteiger partial charge in [-0.15, -0.1) is 0 Å². The van der Waals surface area contributed by atoms with Crippen LogP contribution in [0.2, 0.25) is 0 Å². The van der Waals surface area contributed by atoms with E-state index in [4.69, 9.17) is 9.47 Å². The molecular formula is C36H50O8. The van der Waals surface area contributed by atoms with Crippen LogP contribution in [0.15, 0.2) is 48.5 Å². The normalized spacial score (nSPS) is 11.7. The van der Waals surface area contributed by atoms with Crippen LogP contribution in [-0.2, 0) is 32.3 Å². The van der Waals surface area contributed by atoms with Crippen molar-refractivity contribution in [2.75, 3.05) is 0 Å². The van der Waals surface area contributed by atoms with Crippen molar-refractivity contribution in [3.63, 3.8) is 0 Å². The van der Waals surface area contributed by atoms with E-state index in [9.17, 15) is 29.4 Å². The average molecular weight is 611 g/mol. The maximum Gasteiger partial charge on any atom is 0.306 e. The third-order valence-corrected chi connectivity index (χ3v) is 7.36. The molecule has 0 heterocycles. The summed E-state index contributed by atoms with van der Waals surface area (Å²) in [5.41, 5.74) is -0.397. The van der Waals surface area contributed by atoms with Crippen LogP contribution in [0.4, 0.5) is 0 Å². The highest BCUT2D eigenvalue weighted by molar-refractivity contribution is 6.02. The van der Waals surface area contributed by atoms with Gasteiger partial charge in [-0.05, 0) is 51.7 Å². The number of hydrogen-bond acceptors (Lipinski definition) is 8. The van der Waals surface area contributed by atoms with Gasteiger partial charge >= 0.3 is 11.9 Å². The van der Waals surface area contributed by atoms with Gasteiger partial charge in [0.2, 0.25) is 0 Å². The quantitative estimate of drug-likeness (QED) is 0.0874. The van der Waals surface area contributed by atoms with Gasteiger partial charge in [-0.1, -0.05) is 99.9 Å². The van der Waals surface area contributed by atoms with Gasteiger partial charge in [0.15, 0.2) is 11.6 Å². The van der Waals surface area contributed by atoms with E-state index in [0.29, 0.717) is 24.0 Å².